The van der Waals surface area contributed by atoms with Gasteiger partial charge in [-0.05, 0) is 71.2 Å². The first-order chi connectivity index (χ1) is 15.7. The van der Waals surface area contributed by atoms with Crippen molar-refractivity contribution in [2.45, 2.75) is 37.6 Å². The highest BCUT2D eigenvalue weighted by Crippen LogP contribution is 2.39. The summed E-state index contributed by atoms with van der Waals surface area (Å²) in [5.74, 6) is 0.916. The zero-order valence-electron chi connectivity index (χ0n) is 18.9. The molecule has 0 spiro atoms. The molecule has 1 aliphatic heterocycles. The van der Waals surface area contributed by atoms with Crippen LogP contribution in [0.5, 0.6) is 5.75 Å². The Morgan fingerprint density at radius 1 is 0.788 bits per heavy atom. The Bertz CT molecular complexity index is 1070. The van der Waals surface area contributed by atoms with Crippen LogP contribution in [0.2, 0.25) is 0 Å². The van der Waals surface area contributed by atoms with E-state index in [-0.39, 0.29) is 24.8 Å². The summed E-state index contributed by atoms with van der Waals surface area (Å²) >= 11 is 0. The van der Waals surface area contributed by atoms with Crippen molar-refractivity contribution in [1.82, 2.24) is 4.90 Å². The van der Waals surface area contributed by atoms with Crippen molar-refractivity contribution in [1.29, 1.82) is 0 Å². The highest BCUT2D eigenvalue weighted by Gasteiger charge is 2.38. The molecular formula is C29H32ClNO2. The second-order valence-electron chi connectivity index (χ2n) is 9.10. The van der Waals surface area contributed by atoms with Gasteiger partial charge in [0.05, 0.1) is 0 Å². The lowest BCUT2D eigenvalue weighted by Crippen LogP contribution is -2.46. The first-order valence-electron chi connectivity index (χ1n) is 11.8. The van der Waals surface area contributed by atoms with Gasteiger partial charge in [-0.3, -0.25) is 4.90 Å². The number of rotatable bonds is 8. The number of hydrogen-bond donors (Lipinski definition) is 2. The normalized spacial score (nSPS) is 17.1. The molecule has 4 heteroatoms. The summed E-state index contributed by atoms with van der Waals surface area (Å²) in [4.78, 5) is 2.61. The molecule has 0 bridgehead atoms. The van der Waals surface area contributed by atoms with E-state index in [1.54, 1.807) is 12.1 Å². The summed E-state index contributed by atoms with van der Waals surface area (Å²) in [7, 11) is 0. The molecule has 1 saturated heterocycles. The number of likely N-dealkylation sites (tertiary alicyclic amines) is 1. The molecule has 5 rings (SSSR count). The number of aromatic hydroxyl groups is 1. The zero-order valence-corrected chi connectivity index (χ0v) is 19.7. The van der Waals surface area contributed by atoms with Gasteiger partial charge in [0.1, 0.15) is 5.75 Å². The van der Waals surface area contributed by atoms with E-state index < -0.39 is 0 Å². The van der Waals surface area contributed by atoms with E-state index in [9.17, 15) is 10.2 Å². The van der Waals surface area contributed by atoms with Crippen LogP contribution in [-0.4, -0.2) is 40.9 Å². The summed E-state index contributed by atoms with van der Waals surface area (Å²) in [6.07, 6.45) is 4.26. The van der Waals surface area contributed by atoms with Crippen molar-refractivity contribution in [3.05, 3.63) is 101 Å². The Kier molecular flexibility index (Phi) is 7.54. The number of aliphatic hydroxyl groups excluding tert-OH is 1. The van der Waals surface area contributed by atoms with Gasteiger partial charge in [0.2, 0.25) is 0 Å². The summed E-state index contributed by atoms with van der Waals surface area (Å²) in [5.41, 5.74) is 7.25. The predicted molar refractivity (Wildman–Crippen MR) is 138 cm³/mol. The maximum absolute atomic E-state index is 9.85. The maximum Gasteiger partial charge on any atom is 0.115 e. The molecule has 0 amide bonds. The maximum atomic E-state index is 9.85. The molecule has 0 atom stereocenters. The number of phenols is 1. The second kappa shape index (κ2) is 10.6. The first-order valence-corrected chi connectivity index (χ1v) is 11.8. The van der Waals surface area contributed by atoms with Crippen molar-refractivity contribution in [3.8, 4) is 5.75 Å². The molecule has 3 aromatic carbocycles. The summed E-state index contributed by atoms with van der Waals surface area (Å²) in [5, 5.41) is 19.4. The molecule has 33 heavy (non-hydrogen) atoms. The third kappa shape index (κ3) is 5.33. The van der Waals surface area contributed by atoms with Gasteiger partial charge in [-0.1, -0.05) is 66.7 Å². The molecule has 0 radical (unpaired) electrons. The number of benzene rings is 3. The van der Waals surface area contributed by atoms with Crippen LogP contribution in [0.4, 0.5) is 0 Å². The average Bonchev–Trinajstić information content (AvgIpc) is 3.63. The van der Waals surface area contributed by atoms with Crippen LogP contribution in [0.15, 0.2) is 78.9 Å². The molecular weight excluding hydrogens is 430 g/mol. The minimum absolute atomic E-state index is 0. The van der Waals surface area contributed by atoms with Gasteiger partial charge < -0.3 is 10.2 Å². The fourth-order valence-corrected chi connectivity index (χ4v) is 4.84. The number of phenolic OH excluding ortho intramolecular Hbond substituents is 1. The molecule has 0 unspecified atom stereocenters. The summed E-state index contributed by atoms with van der Waals surface area (Å²) < 4.78 is 0. The van der Waals surface area contributed by atoms with Gasteiger partial charge in [-0.25, -0.2) is 0 Å². The summed E-state index contributed by atoms with van der Waals surface area (Å²) in [6.45, 7) is 2.55. The topological polar surface area (TPSA) is 43.7 Å². The van der Waals surface area contributed by atoms with E-state index in [1.165, 1.54) is 53.8 Å². The fourth-order valence-electron chi connectivity index (χ4n) is 4.84. The Morgan fingerprint density at radius 3 is 1.97 bits per heavy atom. The number of aliphatic hydroxyl groups is 1. The molecule has 2 aliphatic rings. The first kappa shape index (κ1) is 23.6. The average molecular weight is 462 g/mol. The van der Waals surface area contributed by atoms with Gasteiger partial charge in [-0.15, -0.1) is 12.4 Å². The predicted octanol–water partition coefficient (Wildman–Crippen LogP) is 6.11. The lowest BCUT2D eigenvalue weighted by molar-refractivity contribution is 0.139. The van der Waals surface area contributed by atoms with Crippen molar-refractivity contribution in [2.24, 2.45) is 0 Å². The van der Waals surface area contributed by atoms with Crippen LogP contribution in [0.1, 0.15) is 53.9 Å². The number of halogens is 1. The molecule has 0 aromatic heterocycles. The lowest BCUT2D eigenvalue weighted by Gasteiger charge is -2.40. The largest absolute Gasteiger partial charge is 0.508 e. The molecule has 1 saturated carbocycles. The number of allylic oxidation sites excluding steroid dienone is 1. The monoisotopic (exact) mass is 461 g/mol. The van der Waals surface area contributed by atoms with Gasteiger partial charge in [0.25, 0.3) is 0 Å². The standard InChI is InChI=1S/C29H31NO2.ClH/c31-18-4-7-28(22-5-2-1-3-6-22)29(24-12-16-27(32)17-13-24)23-10-8-21(9-11-23)25-19-30(20-25)26-14-15-26;/h1-3,5-6,8-13,16-17,25-26,31-32H,4,7,14-15,18-20H2;1H/b29-28+;. The summed E-state index contributed by atoms with van der Waals surface area (Å²) in [6, 6.07) is 27.8. The quantitative estimate of drug-likeness (QED) is 0.398. The van der Waals surface area contributed by atoms with E-state index in [4.69, 9.17) is 0 Å². The molecule has 1 heterocycles. The zero-order chi connectivity index (χ0) is 21.9. The van der Waals surface area contributed by atoms with Crippen molar-refractivity contribution < 1.29 is 10.2 Å². The van der Waals surface area contributed by atoms with Gasteiger partial charge in [0, 0.05) is 31.7 Å². The third-order valence-electron chi connectivity index (χ3n) is 6.81. The van der Waals surface area contributed by atoms with E-state index in [2.05, 4.69) is 53.4 Å². The molecule has 2 fully saturated rings. The smallest absolute Gasteiger partial charge is 0.115 e. The minimum Gasteiger partial charge on any atom is -0.508 e. The molecule has 172 valence electrons. The Morgan fingerprint density at radius 2 is 1.39 bits per heavy atom. The highest BCUT2D eigenvalue weighted by atomic mass is 35.5. The second-order valence-corrected chi connectivity index (χ2v) is 9.10. The Hall–Kier alpha value is -2.59. The van der Waals surface area contributed by atoms with Crippen molar-refractivity contribution >= 4 is 23.6 Å². The third-order valence-corrected chi connectivity index (χ3v) is 6.81. The number of hydrogen-bond acceptors (Lipinski definition) is 3. The van der Waals surface area contributed by atoms with Gasteiger partial charge in [0.15, 0.2) is 0 Å². The van der Waals surface area contributed by atoms with Crippen LogP contribution in [0, 0.1) is 0 Å². The Labute approximate surface area is 202 Å². The van der Waals surface area contributed by atoms with Crippen LogP contribution in [0.25, 0.3) is 11.1 Å². The fraction of sp³-hybridized carbons (Fsp3) is 0.310. The van der Waals surface area contributed by atoms with E-state index >= 15 is 0 Å². The highest BCUT2D eigenvalue weighted by molar-refractivity contribution is 5.98. The molecule has 3 nitrogen and oxygen atoms in total. The van der Waals surface area contributed by atoms with Crippen LogP contribution >= 0.6 is 12.4 Å². The van der Waals surface area contributed by atoms with Crippen molar-refractivity contribution in [2.75, 3.05) is 19.7 Å². The van der Waals surface area contributed by atoms with E-state index in [1.807, 2.05) is 18.2 Å². The minimum atomic E-state index is 0. The molecule has 1 aliphatic carbocycles. The Balaban J connectivity index is 0.00000259. The van der Waals surface area contributed by atoms with Crippen molar-refractivity contribution in [3.63, 3.8) is 0 Å². The van der Waals surface area contributed by atoms with E-state index in [0.717, 1.165) is 18.0 Å². The van der Waals surface area contributed by atoms with Gasteiger partial charge in [-0.2, -0.15) is 0 Å². The van der Waals surface area contributed by atoms with Crippen LogP contribution in [-0.2, 0) is 0 Å². The van der Waals surface area contributed by atoms with Crippen LogP contribution in [0.3, 0.4) is 0 Å². The SMILES string of the molecule is Cl.OCCC/C(=C(\c1ccc(O)cc1)c1ccc(C2CN(C3CC3)C2)cc1)c1ccccc1. The molecule has 3 aromatic rings. The molecule has 2 N–H and O–H groups in total. The van der Waals surface area contributed by atoms with Crippen LogP contribution < -0.4 is 0 Å². The lowest BCUT2D eigenvalue weighted by atomic mass is 9.85. The van der Waals surface area contributed by atoms with Gasteiger partial charge >= 0.3 is 0 Å². The van der Waals surface area contributed by atoms with E-state index in [0.29, 0.717) is 12.3 Å². The number of nitrogens with zero attached hydrogens (tertiary/aromatic N) is 1.